The molecule has 0 atom stereocenters. The van der Waals surface area contributed by atoms with E-state index in [1.54, 1.807) is 12.1 Å². The van der Waals surface area contributed by atoms with Gasteiger partial charge in [0.1, 0.15) is 30.3 Å². The average Bonchev–Trinajstić information content (AvgIpc) is 2.51. The lowest BCUT2D eigenvalue weighted by molar-refractivity contribution is -0.155. The fourth-order valence-corrected chi connectivity index (χ4v) is 1.79. The number of benzene rings is 1. The molecule has 0 aliphatic carbocycles. The molecule has 1 aromatic rings. The molecular formula is C19H26O5. The standard InChI is InChI=1S/C19H26O5/c1-5-12-22-16-8-10-17(11-9-16)23-15-14-21-13-6-7-18(20)24-19(2,3)4/h1,8-11H,6-7,12-15H2,2-4H3. The molecule has 0 N–H and O–H groups in total. The lowest BCUT2D eigenvalue weighted by Crippen LogP contribution is -2.23. The van der Waals surface area contributed by atoms with Gasteiger partial charge in [-0.1, -0.05) is 5.92 Å². The highest BCUT2D eigenvalue weighted by Crippen LogP contribution is 2.17. The molecular weight excluding hydrogens is 308 g/mol. The summed E-state index contributed by atoms with van der Waals surface area (Å²) in [6.07, 6.45) is 6.12. The van der Waals surface area contributed by atoms with E-state index in [0.29, 0.717) is 38.4 Å². The Kier molecular flexibility index (Phi) is 8.74. The van der Waals surface area contributed by atoms with Crippen LogP contribution in [-0.2, 0) is 14.3 Å². The Balaban J connectivity index is 2.06. The smallest absolute Gasteiger partial charge is 0.306 e. The number of esters is 1. The predicted octanol–water partition coefficient (Wildman–Crippen LogP) is 3.22. The third-order valence-electron chi connectivity index (χ3n) is 2.73. The zero-order chi connectivity index (χ0) is 17.8. The Morgan fingerprint density at radius 3 is 2.25 bits per heavy atom. The van der Waals surface area contributed by atoms with Crippen LogP contribution in [0.15, 0.2) is 24.3 Å². The summed E-state index contributed by atoms with van der Waals surface area (Å²) in [4.78, 5) is 11.5. The van der Waals surface area contributed by atoms with Gasteiger partial charge in [-0.05, 0) is 51.5 Å². The van der Waals surface area contributed by atoms with Crippen LogP contribution in [0.4, 0.5) is 0 Å². The Bertz CT molecular complexity index is 522. The first-order valence-corrected chi connectivity index (χ1v) is 7.99. The second kappa shape index (κ2) is 10.6. The van der Waals surface area contributed by atoms with Gasteiger partial charge < -0.3 is 18.9 Å². The molecule has 0 unspecified atom stereocenters. The van der Waals surface area contributed by atoms with Crippen molar-refractivity contribution in [1.29, 1.82) is 0 Å². The topological polar surface area (TPSA) is 54.0 Å². The SMILES string of the molecule is C#CCOc1ccc(OCCOCCCC(=O)OC(C)(C)C)cc1. The molecule has 1 rings (SSSR count). The van der Waals surface area contributed by atoms with Crippen molar-refractivity contribution in [2.75, 3.05) is 26.4 Å². The van der Waals surface area contributed by atoms with Gasteiger partial charge in [-0.3, -0.25) is 4.79 Å². The lowest BCUT2D eigenvalue weighted by atomic mass is 10.2. The monoisotopic (exact) mass is 334 g/mol. The number of carbonyl (C=O) groups excluding carboxylic acids is 1. The highest BCUT2D eigenvalue weighted by atomic mass is 16.6. The number of rotatable bonds is 10. The van der Waals surface area contributed by atoms with Crippen LogP contribution in [-0.4, -0.2) is 38.0 Å². The number of hydrogen-bond acceptors (Lipinski definition) is 5. The van der Waals surface area contributed by atoms with Gasteiger partial charge in [0.15, 0.2) is 0 Å². The molecule has 5 heteroatoms. The molecule has 0 aliphatic rings. The van der Waals surface area contributed by atoms with E-state index in [1.807, 2.05) is 32.9 Å². The summed E-state index contributed by atoms with van der Waals surface area (Å²) in [6, 6.07) is 7.23. The van der Waals surface area contributed by atoms with E-state index in [4.69, 9.17) is 25.4 Å². The normalized spacial score (nSPS) is 10.8. The van der Waals surface area contributed by atoms with Crippen molar-refractivity contribution < 1.29 is 23.7 Å². The lowest BCUT2D eigenvalue weighted by Gasteiger charge is -2.19. The molecule has 0 heterocycles. The maximum absolute atomic E-state index is 11.5. The predicted molar refractivity (Wildman–Crippen MR) is 92.2 cm³/mol. The van der Waals surface area contributed by atoms with Crippen LogP contribution in [0.2, 0.25) is 0 Å². The van der Waals surface area contributed by atoms with E-state index in [0.717, 1.165) is 5.75 Å². The molecule has 5 nitrogen and oxygen atoms in total. The maximum atomic E-state index is 11.5. The van der Waals surface area contributed by atoms with Gasteiger partial charge in [-0.2, -0.15) is 0 Å². The van der Waals surface area contributed by atoms with Crippen molar-refractivity contribution in [3.05, 3.63) is 24.3 Å². The number of hydrogen-bond donors (Lipinski definition) is 0. The van der Waals surface area contributed by atoms with E-state index in [-0.39, 0.29) is 12.6 Å². The molecule has 0 fully saturated rings. The molecule has 0 saturated carbocycles. The molecule has 0 bridgehead atoms. The fraction of sp³-hybridized carbons (Fsp3) is 0.526. The van der Waals surface area contributed by atoms with Crippen LogP contribution in [0.5, 0.6) is 11.5 Å². The van der Waals surface area contributed by atoms with Crippen molar-refractivity contribution in [2.45, 2.75) is 39.2 Å². The van der Waals surface area contributed by atoms with Crippen LogP contribution in [0.25, 0.3) is 0 Å². The van der Waals surface area contributed by atoms with Crippen molar-refractivity contribution in [3.8, 4) is 23.8 Å². The number of carbonyl (C=O) groups is 1. The Morgan fingerprint density at radius 2 is 1.67 bits per heavy atom. The molecule has 0 saturated heterocycles. The van der Waals surface area contributed by atoms with E-state index < -0.39 is 5.60 Å². The third-order valence-corrected chi connectivity index (χ3v) is 2.73. The Hall–Kier alpha value is -2.19. The largest absolute Gasteiger partial charge is 0.491 e. The average molecular weight is 334 g/mol. The summed E-state index contributed by atoms with van der Waals surface area (Å²) in [6.45, 7) is 7.21. The summed E-state index contributed by atoms with van der Waals surface area (Å²) in [5.41, 5.74) is -0.437. The number of ether oxygens (including phenoxy) is 4. The van der Waals surface area contributed by atoms with Crippen molar-refractivity contribution in [1.82, 2.24) is 0 Å². The minimum atomic E-state index is -0.437. The molecule has 132 valence electrons. The van der Waals surface area contributed by atoms with Gasteiger partial charge in [0.05, 0.1) is 6.61 Å². The first-order valence-electron chi connectivity index (χ1n) is 7.99. The Labute approximate surface area is 144 Å². The van der Waals surface area contributed by atoms with Gasteiger partial charge in [0, 0.05) is 13.0 Å². The third kappa shape index (κ3) is 9.75. The summed E-state index contributed by atoms with van der Waals surface area (Å²) in [7, 11) is 0. The van der Waals surface area contributed by atoms with E-state index in [1.165, 1.54) is 0 Å². The van der Waals surface area contributed by atoms with E-state index in [9.17, 15) is 4.79 Å². The first-order chi connectivity index (χ1) is 11.4. The molecule has 1 aromatic carbocycles. The Morgan fingerprint density at radius 1 is 1.04 bits per heavy atom. The van der Waals surface area contributed by atoms with Crippen LogP contribution in [0.3, 0.4) is 0 Å². The van der Waals surface area contributed by atoms with Gasteiger partial charge in [0.25, 0.3) is 0 Å². The highest BCUT2D eigenvalue weighted by Gasteiger charge is 2.15. The van der Waals surface area contributed by atoms with E-state index in [2.05, 4.69) is 5.92 Å². The van der Waals surface area contributed by atoms with Crippen LogP contribution in [0.1, 0.15) is 33.6 Å². The summed E-state index contributed by atoms with van der Waals surface area (Å²) in [5, 5.41) is 0. The van der Waals surface area contributed by atoms with Crippen molar-refractivity contribution in [2.24, 2.45) is 0 Å². The van der Waals surface area contributed by atoms with Crippen LogP contribution in [0, 0.1) is 12.3 Å². The zero-order valence-corrected chi connectivity index (χ0v) is 14.7. The van der Waals surface area contributed by atoms with E-state index >= 15 is 0 Å². The van der Waals surface area contributed by atoms with Gasteiger partial charge in [0.2, 0.25) is 0 Å². The fourth-order valence-electron chi connectivity index (χ4n) is 1.79. The minimum Gasteiger partial charge on any atom is -0.491 e. The summed E-state index contributed by atoms with van der Waals surface area (Å²) >= 11 is 0. The highest BCUT2D eigenvalue weighted by molar-refractivity contribution is 5.69. The number of terminal acetylenes is 1. The minimum absolute atomic E-state index is 0.200. The molecule has 0 spiro atoms. The summed E-state index contributed by atoms with van der Waals surface area (Å²) in [5.74, 6) is 3.65. The molecule has 24 heavy (non-hydrogen) atoms. The van der Waals surface area contributed by atoms with Crippen molar-refractivity contribution in [3.63, 3.8) is 0 Å². The molecule has 0 amide bonds. The van der Waals surface area contributed by atoms with Crippen LogP contribution >= 0.6 is 0 Å². The van der Waals surface area contributed by atoms with Gasteiger partial charge in [-0.15, -0.1) is 6.42 Å². The molecule has 0 aliphatic heterocycles. The zero-order valence-electron chi connectivity index (χ0n) is 14.7. The molecule has 0 aromatic heterocycles. The quantitative estimate of drug-likeness (QED) is 0.374. The van der Waals surface area contributed by atoms with Crippen LogP contribution < -0.4 is 9.47 Å². The van der Waals surface area contributed by atoms with Crippen molar-refractivity contribution >= 4 is 5.97 Å². The maximum Gasteiger partial charge on any atom is 0.306 e. The van der Waals surface area contributed by atoms with Gasteiger partial charge in [-0.25, -0.2) is 0 Å². The second-order valence-electron chi connectivity index (χ2n) is 6.12. The van der Waals surface area contributed by atoms with Gasteiger partial charge >= 0.3 is 5.97 Å². The summed E-state index contributed by atoms with van der Waals surface area (Å²) < 4.78 is 21.5. The second-order valence-corrected chi connectivity index (χ2v) is 6.12. The first kappa shape index (κ1) is 19.9. The molecule has 0 radical (unpaired) electrons.